The summed E-state index contributed by atoms with van der Waals surface area (Å²) in [5, 5.41) is 10.7. The fourth-order valence-electron chi connectivity index (χ4n) is 4.77. The number of sulfonamides is 1. The van der Waals surface area contributed by atoms with E-state index in [0.29, 0.717) is 41.0 Å². The van der Waals surface area contributed by atoms with Crippen molar-refractivity contribution >= 4 is 44.8 Å². The van der Waals surface area contributed by atoms with E-state index in [0.717, 1.165) is 5.56 Å². The molecule has 2 heterocycles. The third-order valence-electron chi connectivity index (χ3n) is 7.05. The zero-order chi connectivity index (χ0) is 29.9. The summed E-state index contributed by atoms with van der Waals surface area (Å²) in [4.78, 5) is 21.2. The number of benzene rings is 2. The number of carbonyl (C=O) groups is 1. The number of aliphatic hydroxyl groups is 1. The van der Waals surface area contributed by atoms with E-state index >= 15 is 0 Å². The molecule has 0 spiro atoms. The number of amides is 1. The average molecular weight is 625 g/mol. The number of aromatic nitrogens is 2. The van der Waals surface area contributed by atoms with E-state index in [9.17, 15) is 18.3 Å². The topological polar surface area (TPSA) is 117 Å². The molecule has 10 nitrogen and oxygen atoms in total. The van der Waals surface area contributed by atoms with E-state index < -0.39 is 16.1 Å². The van der Waals surface area contributed by atoms with Crippen LogP contribution in [0.4, 0.5) is 5.69 Å². The minimum atomic E-state index is -3.93. The van der Waals surface area contributed by atoms with Crippen LogP contribution in [0.1, 0.15) is 25.0 Å². The van der Waals surface area contributed by atoms with Gasteiger partial charge in [-0.1, -0.05) is 36.2 Å². The third-order valence-corrected chi connectivity index (χ3v) is 9.06. The molecule has 2 aromatic carbocycles. The van der Waals surface area contributed by atoms with Gasteiger partial charge in [0.1, 0.15) is 11.9 Å². The number of aryl methyl sites for hydroxylation is 1. The van der Waals surface area contributed by atoms with Gasteiger partial charge in [0, 0.05) is 50.0 Å². The maximum absolute atomic E-state index is 13.5. The van der Waals surface area contributed by atoms with Crippen LogP contribution >= 0.6 is 23.2 Å². The SMILES string of the molecule is C[C@H]1CN([C@@H](C)CO)C(=O)Cc2cc(NS(=O)(=O)c3cn(C)cn3)ccc2O[C@@H]1CN(C)Cc1ccc(Cl)c(Cl)c1. The van der Waals surface area contributed by atoms with Crippen LogP contribution < -0.4 is 9.46 Å². The van der Waals surface area contributed by atoms with Crippen LogP contribution in [-0.2, 0) is 34.8 Å². The summed E-state index contributed by atoms with van der Waals surface area (Å²) >= 11 is 12.3. The zero-order valence-corrected chi connectivity index (χ0v) is 25.7. The maximum atomic E-state index is 13.5. The molecule has 3 atom stereocenters. The summed E-state index contributed by atoms with van der Waals surface area (Å²) in [6.45, 7) is 5.15. The highest BCUT2D eigenvalue weighted by Crippen LogP contribution is 2.30. The number of nitrogens with zero attached hydrogens (tertiary/aromatic N) is 4. The predicted octanol–water partition coefficient (Wildman–Crippen LogP) is 3.81. The largest absolute Gasteiger partial charge is 0.488 e. The van der Waals surface area contributed by atoms with E-state index in [2.05, 4.69) is 14.6 Å². The summed E-state index contributed by atoms with van der Waals surface area (Å²) in [6.07, 6.45) is 2.47. The van der Waals surface area contributed by atoms with Crippen molar-refractivity contribution < 1.29 is 23.1 Å². The van der Waals surface area contributed by atoms with Crippen LogP contribution in [0.3, 0.4) is 0 Å². The van der Waals surface area contributed by atoms with Crippen LogP contribution in [-0.4, -0.2) is 77.7 Å². The predicted molar refractivity (Wildman–Crippen MR) is 159 cm³/mol. The lowest BCUT2D eigenvalue weighted by atomic mass is 10.0. The molecular weight excluding hydrogens is 589 g/mol. The van der Waals surface area contributed by atoms with Gasteiger partial charge in [-0.15, -0.1) is 0 Å². The van der Waals surface area contributed by atoms with Crippen LogP contribution in [0, 0.1) is 5.92 Å². The first-order valence-corrected chi connectivity index (χ1v) is 15.4. The minimum Gasteiger partial charge on any atom is -0.488 e. The monoisotopic (exact) mass is 623 g/mol. The third kappa shape index (κ3) is 7.72. The first-order valence-electron chi connectivity index (χ1n) is 13.2. The van der Waals surface area contributed by atoms with Crippen LogP contribution in [0.2, 0.25) is 10.0 Å². The van der Waals surface area contributed by atoms with Crippen LogP contribution in [0.15, 0.2) is 53.9 Å². The minimum absolute atomic E-state index is 0.0165. The number of fused-ring (bicyclic) bond motifs is 1. The van der Waals surface area contributed by atoms with Gasteiger partial charge >= 0.3 is 0 Å². The molecule has 41 heavy (non-hydrogen) atoms. The van der Waals surface area contributed by atoms with Gasteiger partial charge in [-0.25, -0.2) is 4.98 Å². The first kappa shape index (κ1) is 31.1. The summed E-state index contributed by atoms with van der Waals surface area (Å²) in [5.41, 5.74) is 1.82. The normalized spacial score (nSPS) is 18.7. The number of ether oxygens (including phenoxy) is 1. The molecule has 1 amide bonds. The van der Waals surface area contributed by atoms with Crippen molar-refractivity contribution in [2.24, 2.45) is 13.0 Å². The van der Waals surface area contributed by atoms with Crippen LogP contribution in [0.25, 0.3) is 0 Å². The number of nitrogens with one attached hydrogen (secondary N) is 1. The van der Waals surface area contributed by atoms with Crippen molar-refractivity contribution in [3.8, 4) is 5.75 Å². The van der Waals surface area contributed by atoms with Gasteiger partial charge in [0.15, 0.2) is 5.03 Å². The number of likely N-dealkylation sites (N-methyl/N-ethyl adjacent to an activating group) is 1. The summed E-state index contributed by atoms with van der Waals surface area (Å²) in [6, 6.07) is 10.0. The molecule has 0 radical (unpaired) electrons. The molecular formula is C28H35Cl2N5O5S. The second-order valence-electron chi connectivity index (χ2n) is 10.6. The molecule has 3 aromatic rings. The molecule has 4 rings (SSSR count). The standard InChI is InChI=1S/C28H35Cl2N5O5S/c1-18-12-35(19(2)16-36)28(37)11-21-10-22(32-41(38,39)27-15-34(4)17-31-27)6-8-25(21)40-26(18)14-33(3)13-20-5-7-23(29)24(30)9-20/h5-10,15,17-19,26,32,36H,11-14,16H2,1-4H3/t18-,19-,26+/m0/s1. The lowest BCUT2D eigenvalue weighted by Crippen LogP contribution is -2.47. The Morgan fingerprint density at radius 1 is 1.22 bits per heavy atom. The van der Waals surface area contributed by atoms with Gasteiger partial charge in [-0.05, 0) is 49.9 Å². The average Bonchev–Trinajstić information content (AvgIpc) is 3.37. The van der Waals surface area contributed by atoms with Gasteiger partial charge in [-0.2, -0.15) is 8.42 Å². The molecule has 222 valence electrons. The summed E-state index contributed by atoms with van der Waals surface area (Å²) < 4.78 is 36.4. The number of anilines is 1. The Morgan fingerprint density at radius 2 is 1.98 bits per heavy atom. The van der Waals surface area contributed by atoms with Gasteiger partial charge < -0.3 is 19.3 Å². The zero-order valence-electron chi connectivity index (χ0n) is 23.4. The molecule has 1 aromatic heterocycles. The number of aliphatic hydroxyl groups excluding tert-OH is 1. The van der Waals surface area contributed by atoms with Gasteiger partial charge in [0.25, 0.3) is 10.0 Å². The van der Waals surface area contributed by atoms with Crippen molar-refractivity contribution in [2.75, 3.05) is 31.5 Å². The van der Waals surface area contributed by atoms with Crippen LogP contribution in [0.5, 0.6) is 5.75 Å². The maximum Gasteiger partial charge on any atom is 0.280 e. The van der Waals surface area contributed by atoms with Crippen molar-refractivity contribution in [1.29, 1.82) is 0 Å². The molecule has 2 N–H and O–H groups in total. The molecule has 0 aliphatic carbocycles. The highest BCUT2D eigenvalue weighted by molar-refractivity contribution is 7.92. The Labute approximate surface area is 250 Å². The number of hydrogen-bond donors (Lipinski definition) is 2. The fourth-order valence-corrected chi connectivity index (χ4v) is 6.12. The molecule has 1 aliphatic rings. The van der Waals surface area contributed by atoms with Crippen molar-refractivity contribution in [3.63, 3.8) is 0 Å². The van der Waals surface area contributed by atoms with E-state index in [4.69, 9.17) is 27.9 Å². The molecule has 0 fully saturated rings. The summed E-state index contributed by atoms with van der Waals surface area (Å²) in [7, 11) is -0.275. The molecule has 0 saturated heterocycles. The van der Waals surface area contributed by atoms with E-state index in [1.807, 2.05) is 26.1 Å². The number of imidazole rings is 1. The van der Waals surface area contributed by atoms with E-state index in [-0.39, 0.29) is 41.7 Å². The van der Waals surface area contributed by atoms with Gasteiger partial charge in [0.2, 0.25) is 5.91 Å². The number of carbonyl (C=O) groups excluding carboxylic acids is 1. The second-order valence-corrected chi connectivity index (χ2v) is 13.1. The van der Waals surface area contributed by atoms with Gasteiger partial charge in [-0.3, -0.25) is 14.4 Å². The Balaban J connectivity index is 1.62. The number of rotatable bonds is 9. The van der Waals surface area contributed by atoms with Crippen molar-refractivity contribution in [1.82, 2.24) is 19.4 Å². The lowest BCUT2D eigenvalue weighted by molar-refractivity contribution is -0.134. The molecule has 0 saturated carbocycles. The molecule has 0 unspecified atom stereocenters. The van der Waals surface area contributed by atoms with Gasteiger partial charge in [0.05, 0.1) is 35.4 Å². The van der Waals surface area contributed by atoms with Crippen molar-refractivity contribution in [3.05, 3.63) is 70.1 Å². The fraction of sp³-hybridized carbons (Fsp3) is 0.429. The molecule has 13 heteroatoms. The van der Waals surface area contributed by atoms with E-state index in [1.165, 1.54) is 12.5 Å². The number of halogens is 2. The highest BCUT2D eigenvalue weighted by Gasteiger charge is 2.31. The second kappa shape index (κ2) is 13.0. The highest BCUT2D eigenvalue weighted by atomic mass is 35.5. The Hall–Kier alpha value is -2.83. The molecule has 0 bridgehead atoms. The quantitative estimate of drug-likeness (QED) is 0.372. The Morgan fingerprint density at radius 3 is 2.63 bits per heavy atom. The molecule has 1 aliphatic heterocycles. The Kier molecular flexibility index (Phi) is 9.86. The smallest absolute Gasteiger partial charge is 0.280 e. The van der Waals surface area contributed by atoms with E-state index in [1.54, 1.807) is 47.7 Å². The summed E-state index contributed by atoms with van der Waals surface area (Å²) in [5.74, 6) is 0.229. The lowest BCUT2D eigenvalue weighted by Gasteiger charge is -2.34. The van der Waals surface area contributed by atoms with Crippen molar-refractivity contribution in [2.45, 2.75) is 44.0 Å². The first-order chi connectivity index (χ1) is 19.4. The number of hydrogen-bond acceptors (Lipinski definition) is 7. The Bertz CT molecular complexity index is 1500.